The summed E-state index contributed by atoms with van der Waals surface area (Å²) in [6, 6.07) is 56.1. The summed E-state index contributed by atoms with van der Waals surface area (Å²) in [5.74, 6) is 0. The standard InChI is InChI=1S/C44H26O2/c1-2-10-30-25-31(22-19-27(30)9-1)28-17-20-29(21-18-28)41-34-12-3-4-13-35(34)42(44-43(41)36-14-6-8-16-39(36)46-44)32-23-24-40-37(26-32)33-11-5-7-15-38(33)45-40/h1-26H. The van der Waals surface area contributed by atoms with Gasteiger partial charge in [0.15, 0.2) is 0 Å². The van der Waals surface area contributed by atoms with Crippen molar-refractivity contribution in [3.8, 4) is 33.4 Å². The molecule has 0 radical (unpaired) electrons. The minimum atomic E-state index is 0.887. The largest absolute Gasteiger partial charge is 0.456 e. The van der Waals surface area contributed by atoms with Gasteiger partial charge in [-0.05, 0) is 74.1 Å². The van der Waals surface area contributed by atoms with Gasteiger partial charge in [-0.1, -0.05) is 127 Å². The molecule has 2 aromatic heterocycles. The smallest absolute Gasteiger partial charge is 0.144 e. The van der Waals surface area contributed by atoms with Crippen molar-refractivity contribution in [3.05, 3.63) is 158 Å². The van der Waals surface area contributed by atoms with Crippen LogP contribution in [0.15, 0.2) is 167 Å². The van der Waals surface area contributed by atoms with E-state index in [1.165, 1.54) is 38.4 Å². The molecular weight excluding hydrogens is 560 g/mol. The van der Waals surface area contributed by atoms with Crippen molar-refractivity contribution < 1.29 is 8.83 Å². The molecule has 0 aliphatic carbocycles. The Hall–Kier alpha value is -6.12. The maximum atomic E-state index is 6.80. The topological polar surface area (TPSA) is 26.3 Å². The molecule has 0 N–H and O–H groups in total. The molecule has 10 rings (SSSR count). The van der Waals surface area contributed by atoms with Gasteiger partial charge >= 0.3 is 0 Å². The molecule has 0 aliphatic rings. The average Bonchev–Trinajstić information content (AvgIpc) is 3.69. The van der Waals surface area contributed by atoms with Gasteiger partial charge in [0.25, 0.3) is 0 Å². The first-order chi connectivity index (χ1) is 22.8. The molecule has 0 saturated carbocycles. The first-order valence-corrected chi connectivity index (χ1v) is 15.7. The second-order valence-corrected chi connectivity index (χ2v) is 12.0. The zero-order valence-electron chi connectivity index (χ0n) is 24.8. The fourth-order valence-corrected chi connectivity index (χ4v) is 7.31. The van der Waals surface area contributed by atoms with Gasteiger partial charge in [-0.2, -0.15) is 0 Å². The van der Waals surface area contributed by atoms with Crippen LogP contribution in [-0.2, 0) is 0 Å². The van der Waals surface area contributed by atoms with Crippen molar-refractivity contribution in [1.29, 1.82) is 0 Å². The van der Waals surface area contributed by atoms with E-state index in [9.17, 15) is 0 Å². The van der Waals surface area contributed by atoms with Crippen LogP contribution in [0, 0.1) is 0 Å². The van der Waals surface area contributed by atoms with Crippen molar-refractivity contribution in [3.63, 3.8) is 0 Å². The zero-order chi connectivity index (χ0) is 30.2. The quantitative estimate of drug-likeness (QED) is 0.206. The number of hydrogen-bond acceptors (Lipinski definition) is 2. The molecule has 0 spiro atoms. The van der Waals surface area contributed by atoms with Crippen molar-refractivity contribution in [1.82, 2.24) is 0 Å². The highest BCUT2D eigenvalue weighted by Crippen LogP contribution is 2.48. The molecule has 214 valence electrons. The normalized spacial score (nSPS) is 11.9. The molecule has 0 saturated heterocycles. The van der Waals surface area contributed by atoms with Crippen LogP contribution >= 0.6 is 0 Å². The molecule has 0 amide bonds. The lowest BCUT2D eigenvalue weighted by molar-refractivity contribution is 0.668. The predicted octanol–water partition coefficient (Wildman–Crippen LogP) is 12.8. The van der Waals surface area contributed by atoms with Crippen LogP contribution in [0.1, 0.15) is 0 Å². The first-order valence-electron chi connectivity index (χ1n) is 15.7. The van der Waals surface area contributed by atoms with Crippen LogP contribution in [0.3, 0.4) is 0 Å². The summed E-state index contributed by atoms with van der Waals surface area (Å²) in [5, 5.41) is 9.35. The average molecular weight is 587 g/mol. The van der Waals surface area contributed by atoms with Crippen molar-refractivity contribution in [2.24, 2.45) is 0 Å². The lowest BCUT2D eigenvalue weighted by atomic mass is 9.87. The highest BCUT2D eigenvalue weighted by atomic mass is 16.3. The van der Waals surface area contributed by atoms with Gasteiger partial charge in [-0.25, -0.2) is 0 Å². The van der Waals surface area contributed by atoms with E-state index >= 15 is 0 Å². The molecule has 0 unspecified atom stereocenters. The SMILES string of the molecule is c1ccc2cc(-c3ccc(-c4c5ccccc5c(-c5ccc6oc7ccccc7c6c5)c5oc6ccccc6c45)cc3)ccc2c1. The van der Waals surface area contributed by atoms with E-state index in [2.05, 4.69) is 140 Å². The van der Waals surface area contributed by atoms with E-state index in [-0.39, 0.29) is 0 Å². The second kappa shape index (κ2) is 9.69. The van der Waals surface area contributed by atoms with E-state index in [0.717, 1.165) is 60.4 Å². The third kappa shape index (κ3) is 3.71. The highest BCUT2D eigenvalue weighted by molar-refractivity contribution is 6.27. The summed E-state index contributed by atoms with van der Waals surface area (Å²) in [6.45, 7) is 0. The maximum absolute atomic E-state index is 6.80. The highest BCUT2D eigenvalue weighted by Gasteiger charge is 2.22. The summed E-state index contributed by atoms with van der Waals surface area (Å²) in [7, 11) is 0. The third-order valence-electron chi connectivity index (χ3n) is 9.46. The van der Waals surface area contributed by atoms with Gasteiger partial charge < -0.3 is 8.83 Å². The number of fused-ring (bicyclic) bond motifs is 8. The number of para-hydroxylation sites is 2. The summed E-state index contributed by atoms with van der Waals surface area (Å²) < 4.78 is 13.0. The minimum absolute atomic E-state index is 0.887. The van der Waals surface area contributed by atoms with Crippen LogP contribution in [0.2, 0.25) is 0 Å². The minimum Gasteiger partial charge on any atom is -0.456 e. The molecule has 0 atom stereocenters. The van der Waals surface area contributed by atoms with E-state index < -0.39 is 0 Å². The van der Waals surface area contributed by atoms with E-state index in [1.807, 2.05) is 18.2 Å². The van der Waals surface area contributed by atoms with Gasteiger partial charge in [0.1, 0.15) is 22.3 Å². The molecular formula is C44H26O2. The summed E-state index contributed by atoms with van der Waals surface area (Å²) >= 11 is 0. The van der Waals surface area contributed by atoms with Crippen LogP contribution in [-0.4, -0.2) is 0 Å². The number of hydrogen-bond donors (Lipinski definition) is 0. The van der Waals surface area contributed by atoms with Crippen molar-refractivity contribution >= 4 is 65.4 Å². The summed E-state index contributed by atoms with van der Waals surface area (Å²) in [5.41, 5.74) is 10.6. The van der Waals surface area contributed by atoms with E-state index in [4.69, 9.17) is 8.83 Å². The molecule has 0 bridgehead atoms. The Morgan fingerprint density at radius 1 is 0.304 bits per heavy atom. The Morgan fingerprint density at radius 3 is 1.67 bits per heavy atom. The van der Waals surface area contributed by atoms with Crippen LogP contribution in [0.5, 0.6) is 0 Å². The van der Waals surface area contributed by atoms with Gasteiger partial charge in [0.2, 0.25) is 0 Å². The van der Waals surface area contributed by atoms with Gasteiger partial charge in [0, 0.05) is 32.7 Å². The number of rotatable bonds is 3. The van der Waals surface area contributed by atoms with Gasteiger partial charge in [-0.15, -0.1) is 0 Å². The number of benzene rings is 8. The maximum Gasteiger partial charge on any atom is 0.144 e. The van der Waals surface area contributed by atoms with Gasteiger partial charge in [-0.3, -0.25) is 0 Å². The van der Waals surface area contributed by atoms with Crippen molar-refractivity contribution in [2.45, 2.75) is 0 Å². The second-order valence-electron chi connectivity index (χ2n) is 12.0. The molecule has 46 heavy (non-hydrogen) atoms. The lowest BCUT2D eigenvalue weighted by Gasteiger charge is -2.15. The molecule has 8 aromatic carbocycles. The third-order valence-corrected chi connectivity index (χ3v) is 9.46. The monoisotopic (exact) mass is 586 g/mol. The molecule has 0 aliphatic heterocycles. The Labute approximate surface area is 264 Å². The molecule has 0 fully saturated rings. The summed E-state index contributed by atoms with van der Waals surface area (Å²) in [4.78, 5) is 0. The molecule has 10 aromatic rings. The predicted molar refractivity (Wildman–Crippen MR) is 192 cm³/mol. The lowest BCUT2D eigenvalue weighted by Crippen LogP contribution is -1.89. The van der Waals surface area contributed by atoms with Crippen molar-refractivity contribution in [2.75, 3.05) is 0 Å². The molecule has 2 heteroatoms. The van der Waals surface area contributed by atoms with E-state index in [1.54, 1.807) is 0 Å². The number of furan rings is 2. The zero-order valence-corrected chi connectivity index (χ0v) is 24.8. The Morgan fingerprint density at radius 2 is 0.870 bits per heavy atom. The fourth-order valence-electron chi connectivity index (χ4n) is 7.31. The Balaban J connectivity index is 1.24. The fraction of sp³-hybridized carbons (Fsp3) is 0. The first kappa shape index (κ1) is 25.2. The van der Waals surface area contributed by atoms with Gasteiger partial charge in [0.05, 0.1) is 0 Å². The molecule has 2 heterocycles. The molecule has 2 nitrogen and oxygen atoms in total. The Bertz CT molecular complexity index is 2790. The summed E-state index contributed by atoms with van der Waals surface area (Å²) in [6.07, 6.45) is 0. The van der Waals surface area contributed by atoms with Crippen LogP contribution in [0.25, 0.3) is 98.8 Å². The van der Waals surface area contributed by atoms with Crippen LogP contribution < -0.4 is 0 Å². The van der Waals surface area contributed by atoms with E-state index in [0.29, 0.717) is 0 Å². The Kier molecular flexibility index (Phi) is 5.31. The van der Waals surface area contributed by atoms with Crippen LogP contribution in [0.4, 0.5) is 0 Å².